The highest BCUT2D eigenvalue weighted by Crippen LogP contribution is 2.47. The Bertz CT molecular complexity index is 966. The molecule has 2 atom stereocenters. The predicted octanol–water partition coefficient (Wildman–Crippen LogP) is 4.63. The van der Waals surface area contributed by atoms with E-state index in [4.69, 9.17) is 9.84 Å². The van der Waals surface area contributed by atoms with E-state index >= 15 is 0 Å². The largest absolute Gasteiger partial charge is 0.464 e. The van der Waals surface area contributed by atoms with Crippen molar-refractivity contribution >= 4 is 5.71 Å². The molecule has 0 radical (unpaired) electrons. The maximum atomic E-state index is 6.33. The molecule has 5 rings (SSSR count). The molecule has 26 heavy (non-hydrogen) atoms. The second-order valence-electron chi connectivity index (χ2n) is 6.80. The number of para-hydroxylation sites is 1. The molecule has 0 bridgehead atoms. The normalized spacial score (nSPS) is 20.8. The van der Waals surface area contributed by atoms with Gasteiger partial charge in [0.15, 0.2) is 0 Å². The van der Waals surface area contributed by atoms with Gasteiger partial charge in [0.05, 0.1) is 11.8 Å². The van der Waals surface area contributed by atoms with Crippen molar-refractivity contribution in [1.82, 2.24) is 9.99 Å². The zero-order chi connectivity index (χ0) is 17.5. The van der Waals surface area contributed by atoms with Crippen molar-refractivity contribution < 1.29 is 4.74 Å². The van der Waals surface area contributed by atoms with Crippen LogP contribution in [0.4, 0.5) is 0 Å². The van der Waals surface area contributed by atoms with Gasteiger partial charge in [-0.25, -0.2) is 5.01 Å². The van der Waals surface area contributed by atoms with E-state index in [0.29, 0.717) is 0 Å². The van der Waals surface area contributed by atoms with Gasteiger partial charge in [-0.15, -0.1) is 0 Å². The number of fused-ring (bicyclic) bond motifs is 3. The van der Waals surface area contributed by atoms with Crippen molar-refractivity contribution in [3.05, 3.63) is 95.3 Å². The lowest BCUT2D eigenvalue weighted by Gasteiger charge is -2.38. The molecule has 3 heterocycles. The van der Waals surface area contributed by atoms with Crippen LogP contribution in [-0.4, -0.2) is 15.7 Å². The highest BCUT2D eigenvalue weighted by Gasteiger charge is 2.40. The Morgan fingerprint density at radius 3 is 2.54 bits per heavy atom. The SMILES string of the molecule is Cc1ccc(C2=NN3[C@@H](C2)c2ccccc2O[C@H]3c2ccncc2)cc1. The summed E-state index contributed by atoms with van der Waals surface area (Å²) in [6.07, 6.45) is 4.25. The van der Waals surface area contributed by atoms with Crippen LogP contribution in [0, 0.1) is 6.92 Å². The molecule has 4 heteroatoms. The molecule has 2 aromatic carbocycles. The van der Waals surface area contributed by atoms with Crippen LogP contribution in [0.1, 0.15) is 40.9 Å². The second kappa shape index (κ2) is 5.99. The molecule has 0 saturated carbocycles. The summed E-state index contributed by atoms with van der Waals surface area (Å²) in [6.45, 7) is 2.10. The van der Waals surface area contributed by atoms with Gasteiger partial charge in [-0.2, -0.15) is 5.10 Å². The topological polar surface area (TPSA) is 37.7 Å². The van der Waals surface area contributed by atoms with E-state index in [1.54, 1.807) is 12.4 Å². The fraction of sp³-hybridized carbons (Fsp3) is 0.182. The molecule has 4 nitrogen and oxygen atoms in total. The minimum absolute atomic E-state index is 0.189. The summed E-state index contributed by atoms with van der Waals surface area (Å²) in [7, 11) is 0. The van der Waals surface area contributed by atoms with Crippen LogP contribution < -0.4 is 4.74 Å². The van der Waals surface area contributed by atoms with Gasteiger partial charge in [0.25, 0.3) is 0 Å². The maximum Gasteiger partial charge on any atom is 0.213 e. The predicted molar refractivity (Wildman–Crippen MR) is 101 cm³/mol. The van der Waals surface area contributed by atoms with Gasteiger partial charge in [-0.05, 0) is 30.7 Å². The highest BCUT2D eigenvalue weighted by molar-refractivity contribution is 6.02. The van der Waals surface area contributed by atoms with Crippen LogP contribution >= 0.6 is 0 Å². The first-order valence-corrected chi connectivity index (χ1v) is 8.88. The summed E-state index contributed by atoms with van der Waals surface area (Å²) >= 11 is 0. The Morgan fingerprint density at radius 1 is 0.962 bits per heavy atom. The van der Waals surface area contributed by atoms with Crippen LogP contribution in [-0.2, 0) is 0 Å². The molecule has 0 spiro atoms. The monoisotopic (exact) mass is 341 g/mol. The molecular weight excluding hydrogens is 322 g/mol. The summed E-state index contributed by atoms with van der Waals surface area (Å²) in [5.41, 5.74) is 5.80. The number of hydrogen-bond donors (Lipinski definition) is 0. The lowest BCUT2D eigenvalue weighted by atomic mass is 9.96. The average molecular weight is 341 g/mol. The first kappa shape index (κ1) is 15.1. The molecule has 0 fully saturated rings. The fourth-order valence-corrected chi connectivity index (χ4v) is 3.70. The Labute approximate surface area is 152 Å². The average Bonchev–Trinajstić information content (AvgIpc) is 3.14. The van der Waals surface area contributed by atoms with Crippen molar-refractivity contribution in [2.45, 2.75) is 25.6 Å². The quantitative estimate of drug-likeness (QED) is 0.682. The van der Waals surface area contributed by atoms with Crippen LogP contribution in [0.15, 0.2) is 78.2 Å². The highest BCUT2D eigenvalue weighted by atomic mass is 16.5. The number of ether oxygens (including phenoxy) is 1. The van der Waals surface area contributed by atoms with Gasteiger partial charge in [0.2, 0.25) is 6.23 Å². The molecule has 1 aromatic heterocycles. The van der Waals surface area contributed by atoms with Crippen LogP contribution in [0.25, 0.3) is 0 Å². The summed E-state index contributed by atoms with van der Waals surface area (Å²) in [6, 6.07) is 21.0. The number of hydrogen-bond acceptors (Lipinski definition) is 4. The van der Waals surface area contributed by atoms with Gasteiger partial charge in [0.1, 0.15) is 5.75 Å². The Hall–Kier alpha value is -3.14. The molecule has 0 amide bonds. The van der Waals surface area contributed by atoms with Gasteiger partial charge < -0.3 is 4.74 Å². The summed E-state index contributed by atoms with van der Waals surface area (Å²) < 4.78 is 6.33. The Balaban J connectivity index is 1.59. The van der Waals surface area contributed by atoms with E-state index in [0.717, 1.165) is 23.4 Å². The van der Waals surface area contributed by atoms with Crippen LogP contribution in [0.2, 0.25) is 0 Å². The third-order valence-electron chi connectivity index (χ3n) is 5.08. The first-order chi connectivity index (χ1) is 12.8. The number of benzene rings is 2. The molecule has 128 valence electrons. The van der Waals surface area contributed by atoms with Gasteiger partial charge in [0, 0.05) is 29.9 Å². The minimum atomic E-state index is -0.235. The van der Waals surface area contributed by atoms with Crippen molar-refractivity contribution in [1.29, 1.82) is 0 Å². The summed E-state index contributed by atoms with van der Waals surface area (Å²) in [5.74, 6) is 0.941. The third-order valence-corrected chi connectivity index (χ3v) is 5.08. The molecular formula is C22H19N3O. The van der Waals surface area contributed by atoms with E-state index < -0.39 is 0 Å². The first-order valence-electron chi connectivity index (χ1n) is 8.88. The van der Waals surface area contributed by atoms with Gasteiger partial charge in [-0.3, -0.25) is 4.98 Å². The zero-order valence-electron chi connectivity index (χ0n) is 14.5. The van der Waals surface area contributed by atoms with Crippen molar-refractivity contribution in [3.8, 4) is 5.75 Å². The fourth-order valence-electron chi connectivity index (χ4n) is 3.70. The molecule has 0 aliphatic carbocycles. The number of aromatic nitrogens is 1. The van der Waals surface area contributed by atoms with Crippen LogP contribution in [0.5, 0.6) is 5.75 Å². The van der Waals surface area contributed by atoms with Crippen LogP contribution in [0.3, 0.4) is 0 Å². The molecule has 2 aliphatic rings. The maximum absolute atomic E-state index is 6.33. The van der Waals surface area contributed by atoms with E-state index in [-0.39, 0.29) is 12.3 Å². The van der Waals surface area contributed by atoms with E-state index in [1.165, 1.54) is 16.7 Å². The Kier molecular flexibility index (Phi) is 3.49. The van der Waals surface area contributed by atoms with Crippen molar-refractivity contribution in [2.75, 3.05) is 0 Å². The van der Waals surface area contributed by atoms with E-state index in [2.05, 4.69) is 53.3 Å². The molecule has 3 aromatic rings. The van der Waals surface area contributed by atoms with Gasteiger partial charge in [-0.1, -0.05) is 48.0 Å². The molecule has 0 saturated heterocycles. The third kappa shape index (κ3) is 2.46. The van der Waals surface area contributed by atoms with Crippen molar-refractivity contribution in [3.63, 3.8) is 0 Å². The molecule has 0 unspecified atom stereocenters. The Morgan fingerprint density at radius 2 is 1.73 bits per heavy atom. The zero-order valence-corrected chi connectivity index (χ0v) is 14.5. The number of nitrogens with zero attached hydrogens (tertiary/aromatic N) is 3. The number of hydrazone groups is 1. The number of aryl methyl sites for hydroxylation is 1. The van der Waals surface area contributed by atoms with Crippen molar-refractivity contribution in [2.24, 2.45) is 5.10 Å². The lowest BCUT2D eigenvalue weighted by molar-refractivity contribution is -0.0190. The molecule has 2 aliphatic heterocycles. The van der Waals surface area contributed by atoms with Gasteiger partial charge >= 0.3 is 0 Å². The summed E-state index contributed by atoms with van der Waals surface area (Å²) in [4.78, 5) is 4.13. The molecule has 0 N–H and O–H groups in total. The standard InChI is InChI=1S/C22H19N3O/c1-15-6-8-16(9-7-15)19-14-20-18-4-2-3-5-21(18)26-22(25(20)24-19)17-10-12-23-13-11-17/h2-13,20,22H,14H2,1H3/t20-,22-/m0/s1. The second-order valence-corrected chi connectivity index (χ2v) is 6.80. The smallest absolute Gasteiger partial charge is 0.213 e. The van der Waals surface area contributed by atoms with E-state index in [1.807, 2.05) is 24.3 Å². The lowest BCUT2D eigenvalue weighted by Crippen LogP contribution is -2.33. The number of rotatable bonds is 2. The minimum Gasteiger partial charge on any atom is -0.464 e. The number of pyridine rings is 1. The van der Waals surface area contributed by atoms with E-state index in [9.17, 15) is 0 Å². The summed E-state index contributed by atoms with van der Waals surface area (Å²) in [5, 5.41) is 7.08.